The molecule has 4 N–H and O–H groups in total. The van der Waals surface area contributed by atoms with E-state index < -0.39 is 53.3 Å². The largest absolute Gasteiger partial charge is 0.479 e. The van der Waals surface area contributed by atoms with Gasteiger partial charge in [-0.3, -0.25) is 24.4 Å². The number of aromatic nitrogens is 3. The highest BCUT2D eigenvalue weighted by atomic mass is 16.7. The number of nitro groups is 1. The number of anilines is 2. The number of amides is 2. The zero-order valence-corrected chi connectivity index (χ0v) is 26.6. The van der Waals surface area contributed by atoms with Crippen LogP contribution in [0.5, 0.6) is 5.75 Å². The third-order valence-corrected chi connectivity index (χ3v) is 8.86. The van der Waals surface area contributed by atoms with Crippen LogP contribution in [0.15, 0.2) is 36.8 Å². The van der Waals surface area contributed by atoms with Gasteiger partial charge in [0.05, 0.1) is 28.1 Å². The van der Waals surface area contributed by atoms with Crippen molar-refractivity contribution >= 4 is 46.1 Å². The van der Waals surface area contributed by atoms with Gasteiger partial charge in [-0.05, 0) is 24.5 Å². The summed E-state index contributed by atoms with van der Waals surface area (Å²) in [5.74, 6) is -1.53. The van der Waals surface area contributed by atoms with E-state index in [4.69, 9.17) is 14.7 Å². The molecule has 2 saturated heterocycles. The highest BCUT2D eigenvalue weighted by molar-refractivity contribution is 6.02. The standard InChI is InChI=1S/C30H34N8O11/c1-15-7-10-36(21(39)6-9-31)13-19(15)34(2)26-17-8-11-37(27(17)33-14-32-26)30(45)35(3)18-12-16(38(46)47)4-5-20(18)48-29-24(42)22(40)23(41)25(49-29)28(43)44/h4-5,8,11-12,14-15,19,22-25,29,40-42H,6-7,10,13H2,1-3H3,(H,43,44)/t15-,19?,22+,23+,24-,25+,29-/m1/s1. The molecule has 2 aliphatic rings. The molecule has 0 saturated carbocycles. The normalized spacial score (nSPS) is 25.3. The van der Waals surface area contributed by atoms with Crippen molar-refractivity contribution in [3.8, 4) is 11.8 Å². The van der Waals surface area contributed by atoms with Crippen molar-refractivity contribution in [2.45, 2.75) is 56.5 Å². The van der Waals surface area contributed by atoms with Gasteiger partial charge in [0.15, 0.2) is 11.8 Å². The number of benzene rings is 1. The van der Waals surface area contributed by atoms with Gasteiger partial charge in [0.25, 0.3) is 5.69 Å². The van der Waals surface area contributed by atoms with E-state index in [1.165, 1.54) is 24.1 Å². The van der Waals surface area contributed by atoms with Gasteiger partial charge in [0, 0.05) is 45.5 Å². The van der Waals surface area contributed by atoms with Crippen LogP contribution in [0.3, 0.4) is 0 Å². The summed E-state index contributed by atoms with van der Waals surface area (Å²) >= 11 is 0. The number of non-ortho nitro benzene ring substituents is 1. The summed E-state index contributed by atoms with van der Waals surface area (Å²) in [4.78, 5) is 62.2. The monoisotopic (exact) mass is 682 g/mol. The molecule has 260 valence electrons. The maximum atomic E-state index is 13.9. The average Bonchev–Trinajstić information content (AvgIpc) is 3.52. The Morgan fingerprint density at radius 3 is 2.57 bits per heavy atom. The molecule has 1 aromatic carbocycles. The van der Waals surface area contributed by atoms with E-state index in [-0.39, 0.29) is 41.4 Å². The number of ether oxygens (including phenoxy) is 2. The van der Waals surface area contributed by atoms with Gasteiger partial charge in [-0.2, -0.15) is 5.26 Å². The number of carboxylic acids is 1. The Bertz CT molecular complexity index is 1810. The number of aliphatic hydroxyl groups excluding tert-OH is 3. The second-order valence-electron chi connectivity index (χ2n) is 11.8. The van der Waals surface area contributed by atoms with E-state index in [0.717, 1.165) is 23.1 Å². The van der Waals surface area contributed by atoms with Crippen molar-refractivity contribution in [1.29, 1.82) is 5.26 Å². The average molecular weight is 683 g/mol. The number of nitriles is 1. The summed E-state index contributed by atoms with van der Waals surface area (Å²) in [6.45, 7) is 2.94. The van der Waals surface area contributed by atoms with Crippen LogP contribution in [0.1, 0.15) is 19.8 Å². The molecular weight excluding hydrogens is 648 g/mol. The molecule has 0 radical (unpaired) electrons. The van der Waals surface area contributed by atoms with E-state index in [9.17, 15) is 44.9 Å². The van der Waals surface area contributed by atoms with Crippen molar-refractivity contribution in [2.75, 3.05) is 37.0 Å². The first-order chi connectivity index (χ1) is 23.2. The third kappa shape index (κ3) is 6.66. The second-order valence-corrected chi connectivity index (χ2v) is 11.8. The fourth-order valence-corrected chi connectivity index (χ4v) is 6.01. The molecule has 0 spiro atoms. The fourth-order valence-electron chi connectivity index (χ4n) is 6.01. The summed E-state index contributed by atoms with van der Waals surface area (Å²) in [5.41, 5.74) is -0.428. The van der Waals surface area contributed by atoms with Gasteiger partial charge in [-0.25, -0.2) is 19.6 Å². The number of carbonyl (C=O) groups is 3. The number of hydrogen-bond donors (Lipinski definition) is 4. The molecule has 0 aliphatic carbocycles. The number of likely N-dealkylation sites (tertiary alicyclic amines) is 1. The number of aliphatic hydroxyl groups is 3. The summed E-state index contributed by atoms with van der Waals surface area (Å²) in [6, 6.07) is 5.77. The Labute approximate surface area is 278 Å². The van der Waals surface area contributed by atoms with Gasteiger partial charge in [0.2, 0.25) is 12.2 Å². The lowest BCUT2D eigenvalue weighted by atomic mass is 9.92. The van der Waals surface area contributed by atoms with Crippen molar-refractivity contribution in [3.63, 3.8) is 0 Å². The molecular formula is C30H34N8O11. The minimum atomic E-state index is -1.98. The zero-order chi connectivity index (χ0) is 35.7. The molecule has 19 heteroatoms. The molecule has 3 aromatic rings. The minimum absolute atomic E-state index is 0.158. The number of carboxylic acid groups (broad SMARTS) is 1. The smallest absolute Gasteiger partial charge is 0.335 e. The molecule has 5 rings (SSSR count). The molecule has 49 heavy (non-hydrogen) atoms. The Balaban J connectivity index is 1.45. The summed E-state index contributed by atoms with van der Waals surface area (Å²) in [6.07, 6.45) is -6.52. The lowest BCUT2D eigenvalue weighted by molar-refractivity contribution is -0.384. The Morgan fingerprint density at radius 1 is 1.16 bits per heavy atom. The molecule has 7 atom stereocenters. The number of nitro benzene ring substituents is 1. The number of carbonyl (C=O) groups excluding carboxylic acids is 2. The van der Waals surface area contributed by atoms with E-state index in [1.54, 1.807) is 11.0 Å². The van der Waals surface area contributed by atoms with Crippen molar-refractivity contribution in [2.24, 2.45) is 5.92 Å². The maximum absolute atomic E-state index is 13.9. The van der Waals surface area contributed by atoms with Crippen LogP contribution in [0.4, 0.5) is 22.0 Å². The third-order valence-electron chi connectivity index (χ3n) is 8.86. The summed E-state index contributed by atoms with van der Waals surface area (Å²) < 4.78 is 12.0. The van der Waals surface area contributed by atoms with Gasteiger partial charge < -0.3 is 39.7 Å². The molecule has 2 aliphatic heterocycles. The van der Waals surface area contributed by atoms with Gasteiger partial charge in [0.1, 0.15) is 42.6 Å². The van der Waals surface area contributed by atoms with Crippen LogP contribution >= 0.6 is 0 Å². The van der Waals surface area contributed by atoms with Crippen LogP contribution in [0.2, 0.25) is 0 Å². The van der Waals surface area contributed by atoms with Crippen LogP contribution in [-0.4, -0.2) is 127 Å². The van der Waals surface area contributed by atoms with Crippen LogP contribution in [0.25, 0.3) is 11.0 Å². The van der Waals surface area contributed by atoms with E-state index in [2.05, 4.69) is 16.9 Å². The van der Waals surface area contributed by atoms with Crippen LogP contribution in [0, 0.1) is 27.4 Å². The number of piperidine rings is 1. The summed E-state index contributed by atoms with van der Waals surface area (Å²) in [5, 5.41) is 61.2. The highest BCUT2D eigenvalue weighted by Crippen LogP contribution is 2.36. The zero-order valence-electron chi connectivity index (χ0n) is 26.6. The predicted octanol–water partition coefficient (Wildman–Crippen LogP) is 0.302. The van der Waals surface area contributed by atoms with Crippen LogP contribution in [-0.2, 0) is 14.3 Å². The first-order valence-corrected chi connectivity index (χ1v) is 15.1. The minimum Gasteiger partial charge on any atom is -0.479 e. The van der Waals surface area contributed by atoms with Gasteiger partial charge in [-0.15, -0.1) is 0 Å². The van der Waals surface area contributed by atoms with E-state index in [0.29, 0.717) is 30.7 Å². The number of hydrogen-bond acceptors (Lipinski definition) is 14. The lowest BCUT2D eigenvalue weighted by Crippen LogP contribution is -2.61. The fraction of sp³-hybridized carbons (Fsp3) is 0.467. The van der Waals surface area contributed by atoms with Crippen LogP contribution < -0.4 is 14.5 Å². The van der Waals surface area contributed by atoms with E-state index in [1.807, 2.05) is 18.0 Å². The Kier molecular flexibility index (Phi) is 9.95. The first-order valence-electron chi connectivity index (χ1n) is 15.1. The number of aliphatic carboxylic acids is 1. The van der Waals surface area contributed by atoms with Crippen molar-refractivity contribution in [3.05, 3.63) is 46.9 Å². The maximum Gasteiger partial charge on any atom is 0.335 e. The van der Waals surface area contributed by atoms with Gasteiger partial charge in [-0.1, -0.05) is 6.92 Å². The first kappa shape index (κ1) is 34.9. The SMILES string of the molecule is C[C@@H]1CCN(C(=O)CC#N)CC1N(C)c1ncnc2c1ccn2C(=O)N(C)c1cc([N+](=O)[O-])ccc1O[C@@H]1O[C@H](C(=O)O)[C@@H](O)[C@H](O)[C@H]1O. The van der Waals surface area contributed by atoms with Gasteiger partial charge >= 0.3 is 12.0 Å². The Hall–Kier alpha value is -5.42. The molecule has 4 heterocycles. The molecule has 19 nitrogen and oxygen atoms in total. The molecule has 2 fully saturated rings. The Morgan fingerprint density at radius 2 is 1.90 bits per heavy atom. The topological polar surface area (TPSA) is 258 Å². The molecule has 2 amide bonds. The van der Waals surface area contributed by atoms with Crippen molar-refractivity contribution < 1.29 is 49.2 Å². The predicted molar refractivity (Wildman–Crippen MR) is 168 cm³/mol. The second kappa shape index (κ2) is 14.0. The lowest BCUT2D eigenvalue weighted by Gasteiger charge is -2.42. The summed E-state index contributed by atoms with van der Waals surface area (Å²) in [7, 11) is 3.10. The number of fused-ring (bicyclic) bond motifs is 1. The van der Waals surface area contributed by atoms with E-state index >= 15 is 0 Å². The highest BCUT2D eigenvalue weighted by Gasteiger charge is 2.48. The molecule has 1 unspecified atom stereocenters. The number of likely N-dealkylation sites (N-methyl/N-ethyl adjacent to an activating group) is 1. The quantitative estimate of drug-likeness (QED) is 0.184. The number of rotatable bonds is 8. The number of nitrogens with zero attached hydrogens (tertiary/aromatic N) is 8. The molecule has 2 aromatic heterocycles. The van der Waals surface area contributed by atoms with Crippen molar-refractivity contribution in [1.82, 2.24) is 19.4 Å². The molecule has 0 bridgehead atoms.